The third-order valence-electron chi connectivity index (χ3n) is 7.02. The van der Waals surface area contributed by atoms with Crippen LogP contribution in [0.4, 0.5) is 0 Å². The first kappa shape index (κ1) is 25.0. The summed E-state index contributed by atoms with van der Waals surface area (Å²) in [4.78, 5) is 7.07. The fourth-order valence-corrected chi connectivity index (χ4v) is 5.27. The van der Waals surface area contributed by atoms with Gasteiger partial charge in [-0.1, -0.05) is 30.7 Å². The van der Waals surface area contributed by atoms with E-state index in [1.165, 1.54) is 43.5 Å². The highest BCUT2D eigenvalue weighted by Crippen LogP contribution is 2.25. The van der Waals surface area contributed by atoms with E-state index >= 15 is 0 Å². The zero-order valence-electron chi connectivity index (χ0n) is 20.9. The first-order chi connectivity index (χ1) is 16.5. The van der Waals surface area contributed by atoms with Crippen molar-refractivity contribution in [2.24, 2.45) is 0 Å². The minimum Gasteiger partial charge on any atom is -0.497 e. The number of β-amino-alcohol motifs (C(OH)–C–C–N with tert-alkyl or cyclic N) is 1. The lowest BCUT2D eigenvalue weighted by Gasteiger charge is -2.29. The van der Waals surface area contributed by atoms with Crippen LogP contribution in [0.5, 0.6) is 11.5 Å². The van der Waals surface area contributed by atoms with Crippen LogP contribution in [0.3, 0.4) is 0 Å². The molecular formula is C28H41N3O3. The van der Waals surface area contributed by atoms with Crippen molar-refractivity contribution in [3.05, 3.63) is 59.7 Å². The van der Waals surface area contributed by atoms with Crippen molar-refractivity contribution in [3.63, 3.8) is 0 Å². The SMILES string of the molecule is COc1ccc(CN(C)CC2(O)CCN(Cc3cccc(OCCN4CCCCC4)c3)C2)cc1. The van der Waals surface area contributed by atoms with Gasteiger partial charge in [0.05, 0.1) is 12.7 Å². The van der Waals surface area contributed by atoms with Gasteiger partial charge in [-0.3, -0.25) is 14.7 Å². The molecule has 0 aromatic heterocycles. The predicted octanol–water partition coefficient (Wildman–Crippen LogP) is 3.63. The predicted molar refractivity (Wildman–Crippen MR) is 136 cm³/mol. The lowest BCUT2D eigenvalue weighted by Crippen LogP contribution is -2.43. The largest absolute Gasteiger partial charge is 0.497 e. The molecule has 0 amide bonds. The van der Waals surface area contributed by atoms with Crippen molar-refractivity contribution in [2.45, 2.75) is 44.4 Å². The van der Waals surface area contributed by atoms with Crippen LogP contribution in [0.1, 0.15) is 36.8 Å². The van der Waals surface area contributed by atoms with Gasteiger partial charge >= 0.3 is 0 Å². The molecule has 2 aliphatic rings. The average Bonchev–Trinajstić information content (AvgIpc) is 3.20. The lowest BCUT2D eigenvalue weighted by atomic mass is 10.0. The molecule has 0 aliphatic carbocycles. The summed E-state index contributed by atoms with van der Waals surface area (Å²) < 4.78 is 11.3. The second-order valence-electron chi connectivity index (χ2n) is 10.1. The van der Waals surface area contributed by atoms with Gasteiger partial charge in [0, 0.05) is 39.3 Å². The summed E-state index contributed by atoms with van der Waals surface area (Å²) in [5, 5.41) is 11.2. The second-order valence-corrected chi connectivity index (χ2v) is 10.1. The van der Waals surface area contributed by atoms with Gasteiger partial charge in [-0.2, -0.15) is 0 Å². The highest BCUT2D eigenvalue weighted by molar-refractivity contribution is 5.29. The number of ether oxygens (including phenoxy) is 2. The third kappa shape index (κ3) is 7.44. The Balaban J connectivity index is 1.22. The Bertz CT molecular complexity index is 885. The fourth-order valence-electron chi connectivity index (χ4n) is 5.27. The molecule has 1 unspecified atom stereocenters. The second kappa shape index (κ2) is 12.0. The molecule has 2 heterocycles. The van der Waals surface area contributed by atoms with Crippen molar-refractivity contribution >= 4 is 0 Å². The van der Waals surface area contributed by atoms with E-state index in [1.54, 1.807) is 7.11 Å². The number of benzene rings is 2. The number of hydrogen-bond donors (Lipinski definition) is 1. The van der Waals surface area contributed by atoms with Gasteiger partial charge in [-0.25, -0.2) is 0 Å². The van der Waals surface area contributed by atoms with E-state index in [4.69, 9.17) is 9.47 Å². The quantitative estimate of drug-likeness (QED) is 0.545. The Morgan fingerprint density at radius 3 is 2.50 bits per heavy atom. The van der Waals surface area contributed by atoms with Crippen molar-refractivity contribution in [1.29, 1.82) is 0 Å². The van der Waals surface area contributed by atoms with E-state index in [2.05, 4.69) is 52.1 Å². The van der Waals surface area contributed by atoms with Gasteiger partial charge in [0.25, 0.3) is 0 Å². The zero-order valence-corrected chi connectivity index (χ0v) is 20.9. The maximum absolute atomic E-state index is 11.2. The molecule has 6 nitrogen and oxygen atoms in total. The maximum Gasteiger partial charge on any atom is 0.119 e. The van der Waals surface area contributed by atoms with Gasteiger partial charge in [-0.15, -0.1) is 0 Å². The van der Waals surface area contributed by atoms with E-state index in [0.29, 0.717) is 13.1 Å². The normalized spacial score (nSPS) is 21.8. The summed E-state index contributed by atoms with van der Waals surface area (Å²) in [5.74, 6) is 1.82. The minimum atomic E-state index is -0.677. The Morgan fingerprint density at radius 2 is 1.74 bits per heavy atom. The van der Waals surface area contributed by atoms with Crippen molar-refractivity contribution < 1.29 is 14.6 Å². The third-order valence-corrected chi connectivity index (χ3v) is 7.02. The maximum atomic E-state index is 11.2. The van der Waals surface area contributed by atoms with Crippen LogP contribution >= 0.6 is 0 Å². The Hall–Kier alpha value is -2.12. The Kier molecular flexibility index (Phi) is 8.84. The van der Waals surface area contributed by atoms with Crippen LogP contribution in [0, 0.1) is 0 Å². The van der Waals surface area contributed by atoms with Crippen LogP contribution in [0.25, 0.3) is 0 Å². The molecule has 4 rings (SSSR count). The number of nitrogens with zero attached hydrogens (tertiary/aromatic N) is 3. The lowest BCUT2D eigenvalue weighted by molar-refractivity contribution is 0.0162. The zero-order chi connectivity index (χ0) is 23.8. The molecule has 6 heteroatoms. The standard InChI is InChI=1S/C28H41N3O3/c1-29(20-24-9-11-26(33-2)12-10-24)22-28(32)13-16-31(23-28)21-25-7-6-8-27(19-25)34-18-17-30-14-4-3-5-15-30/h6-12,19,32H,3-5,13-18,20-23H2,1-2H3. The summed E-state index contributed by atoms with van der Waals surface area (Å²) in [6, 6.07) is 16.6. The summed E-state index contributed by atoms with van der Waals surface area (Å²) in [6.07, 6.45) is 4.79. The van der Waals surface area contributed by atoms with E-state index in [0.717, 1.165) is 50.7 Å². The van der Waals surface area contributed by atoms with Crippen molar-refractivity contribution in [1.82, 2.24) is 14.7 Å². The molecule has 0 bridgehead atoms. The van der Waals surface area contributed by atoms with E-state index in [1.807, 2.05) is 18.2 Å². The number of aliphatic hydroxyl groups is 1. The van der Waals surface area contributed by atoms with Crippen molar-refractivity contribution in [2.75, 3.05) is 60.0 Å². The molecule has 1 atom stereocenters. The highest BCUT2D eigenvalue weighted by Gasteiger charge is 2.36. The van der Waals surface area contributed by atoms with Gasteiger partial charge in [0.2, 0.25) is 0 Å². The molecular weight excluding hydrogens is 426 g/mol. The summed E-state index contributed by atoms with van der Waals surface area (Å²) in [5.41, 5.74) is 1.79. The molecule has 0 saturated carbocycles. The molecule has 0 radical (unpaired) electrons. The number of likely N-dealkylation sites (N-methyl/N-ethyl adjacent to an activating group) is 1. The molecule has 2 aromatic rings. The number of likely N-dealkylation sites (tertiary alicyclic amines) is 2. The molecule has 0 spiro atoms. The van der Waals surface area contributed by atoms with Crippen LogP contribution in [-0.4, -0.2) is 85.4 Å². The van der Waals surface area contributed by atoms with Crippen molar-refractivity contribution in [3.8, 4) is 11.5 Å². The Labute approximate surface area is 205 Å². The number of hydrogen-bond acceptors (Lipinski definition) is 6. The molecule has 2 fully saturated rings. The average molecular weight is 468 g/mol. The monoisotopic (exact) mass is 467 g/mol. The van der Waals surface area contributed by atoms with Gasteiger partial charge in [0.15, 0.2) is 0 Å². The number of methoxy groups -OCH3 is 1. The topological polar surface area (TPSA) is 48.4 Å². The summed E-state index contributed by atoms with van der Waals surface area (Å²) >= 11 is 0. The highest BCUT2D eigenvalue weighted by atomic mass is 16.5. The molecule has 2 aliphatic heterocycles. The molecule has 186 valence electrons. The first-order valence-electron chi connectivity index (χ1n) is 12.7. The van der Waals surface area contributed by atoms with Crippen LogP contribution < -0.4 is 9.47 Å². The number of piperidine rings is 1. The number of rotatable bonds is 11. The van der Waals surface area contributed by atoms with E-state index < -0.39 is 5.60 Å². The van der Waals surface area contributed by atoms with E-state index in [9.17, 15) is 5.11 Å². The summed E-state index contributed by atoms with van der Waals surface area (Å²) in [6.45, 7) is 8.08. The van der Waals surface area contributed by atoms with E-state index in [-0.39, 0.29) is 0 Å². The van der Waals surface area contributed by atoms with Crippen LogP contribution in [-0.2, 0) is 13.1 Å². The fraction of sp³-hybridized carbons (Fsp3) is 0.571. The first-order valence-corrected chi connectivity index (χ1v) is 12.7. The minimum absolute atomic E-state index is 0.662. The van der Waals surface area contributed by atoms with Crippen LogP contribution in [0.2, 0.25) is 0 Å². The molecule has 2 saturated heterocycles. The van der Waals surface area contributed by atoms with Crippen LogP contribution in [0.15, 0.2) is 48.5 Å². The smallest absolute Gasteiger partial charge is 0.119 e. The molecule has 34 heavy (non-hydrogen) atoms. The summed E-state index contributed by atoms with van der Waals surface area (Å²) in [7, 11) is 3.76. The van der Waals surface area contributed by atoms with Gasteiger partial charge in [-0.05, 0) is 74.8 Å². The van der Waals surface area contributed by atoms with Gasteiger partial charge in [0.1, 0.15) is 18.1 Å². The van der Waals surface area contributed by atoms with Gasteiger partial charge < -0.3 is 14.6 Å². The molecule has 2 aromatic carbocycles. The molecule has 1 N–H and O–H groups in total. The Morgan fingerprint density at radius 1 is 0.941 bits per heavy atom.